The van der Waals surface area contributed by atoms with Crippen LogP contribution in [0.3, 0.4) is 0 Å². The van der Waals surface area contributed by atoms with E-state index in [1.807, 2.05) is 6.92 Å². The second-order valence-corrected chi connectivity index (χ2v) is 3.05. The van der Waals surface area contributed by atoms with Gasteiger partial charge in [-0.15, -0.1) is 0 Å². The van der Waals surface area contributed by atoms with Gasteiger partial charge in [-0.3, -0.25) is 4.79 Å². The summed E-state index contributed by atoms with van der Waals surface area (Å²) in [6.45, 7) is 2.78. The minimum absolute atomic E-state index is 0.0219. The Labute approximate surface area is 88.6 Å². The molecule has 0 atom stereocenters. The number of carbonyl (C=O) groups is 1. The summed E-state index contributed by atoms with van der Waals surface area (Å²) in [7, 11) is 1.71. The van der Waals surface area contributed by atoms with Gasteiger partial charge in [-0.25, -0.2) is 8.78 Å². The molecule has 15 heavy (non-hydrogen) atoms. The first-order valence-electron chi connectivity index (χ1n) is 4.88. The molecule has 0 rings (SSSR count). The van der Waals surface area contributed by atoms with Crippen LogP contribution < -0.4 is 5.32 Å². The molecule has 0 unspecified atom stereocenters. The normalized spacial score (nSPS) is 10.7. The fraction of sp³-hybridized carbons (Fsp3) is 0.889. The van der Waals surface area contributed by atoms with Crippen LogP contribution in [0.1, 0.15) is 6.92 Å². The number of amides is 1. The zero-order valence-corrected chi connectivity index (χ0v) is 9.13. The molecule has 0 radical (unpaired) electrons. The van der Waals surface area contributed by atoms with Gasteiger partial charge in [0.05, 0.1) is 13.2 Å². The van der Waals surface area contributed by atoms with Gasteiger partial charge in [0.2, 0.25) is 5.91 Å². The molecule has 1 amide bonds. The average molecular weight is 224 g/mol. The second-order valence-electron chi connectivity index (χ2n) is 3.05. The molecule has 1 N–H and O–H groups in total. The number of nitrogens with one attached hydrogen (secondary N) is 1. The van der Waals surface area contributed by atoms with Crippen molar-refractivity contribution in [1.82, 2.24) is 10.2 Å². The van der Waals surface area contributed by atoms with Crippen LogP contribution in [0.2, 0.25) is 0 Å². The van der Waals surface area contributed by atoms with Gasteiger partial charge in [0.25, 0.3) is 6.43 Å². The predicted molar refractivity (Wildman–Crippen MR) is 53.0 cm³/mol. The van der Waals surface area contributed by atoms with Crippen LogP contribution in [0.25, 0.3) is 0 Å². The Bertz CT molecular complexity index is 179. The van der Waals surface area contributed by atoms with Gasteiger partial charge in [-0.05, 0) is 6.92 Å². The summed E-state index contributed by atoms with van der Waals surface area (Å²) in [5.41, 5.74) is 0. The van der Waals surface area contributed by atoms with E-state index in [9.17, 15) is 13.6 Å². The third-order valence-electron chi connectivity index (χ3n) is 1.84. The fourth-order valence-corrected chi connectivity index (χ4v) is 0.823. The molecule has 90 valence electrons. The van der Waals surface area contributed by atoms with E-state index in [1.54, 1.807) is 11.9 Å². The zero-order chi connectivity index (χ0) is 11.7. The highest BCUT2D eigenvalue weighted by Crippen LogP contribution is 1.91. The summed E-state index contributed by atoms with van der Waals surface area (Å²) in [6.07, 6.45) is -2.43. The molecule has 0 aromatic heterocycles. The minimum Gasteiger partial charge on any atom is -0.374 e. The molecule has 0 saturated carbocycles. The van der Waals surface area contributed by atoms with E-state index in [0.29, 0.717) is 13.1 Å². The van der Waals surface area contributed by atoms with Gasteiger partial charge in [0.15, 0.2) is 0 Å². The van der Waals surface area contributed by atoms with Crippen LogP contribution in [-0.2, 0) is 9.53 Å². The van der Waals surface area contributed by atoms with Crippen LogP contribution >= 0.6 is 0 Å². The fourth-order valence-electron chi connectivity index (χ4n) is 0.823. The molecular formula is C9H18F2N2O2. The number of rotatable bonds is 8. The van der Waals surface area contributed by atoms with Crippen molar-refractivity contribution < 1.29 is 18.3 Å². The van der Waals surface area contributed by atoms with E-state index in [2.05, 4.69) is 10.1 Å². The number of hydrogen-bond acceptors (Lipinski definition) is 3. The molecular weight excluding hydrogens is 206 g/mol. The van der Waals surface area contributed by atoms with E-state index in [4.69, 9.17) is 0 Å². The van der Waals surface area contributed by atoms with Gasteiger partial charge in [-0.2, -0.15) is 0 Å². The van der Waals surface area contributed by atoms with Crippen LogP contribution in [-0.4, -0.2) is 57.1 Å². The van der Waals surface area contributed by atoms with E-state index in [0.717, 1.165) is 0 Å². The Morgan fingerprint density at radius 3 is 2.73 bits per heavy atom. The topological polar surface area (TPSA) is 41.6 Å². The SMILES string of the molecule is CCN(C)C(=O)CNCCOCC(F)F. The monoisotopic (exact) mass is 224 g/mol. The molecule has 0 aromatic carbocycles. The molecule has 0 aliphatic rings. The van der Waals surface area contributed by atoms with E-state index in [1.165, 1.54) is 0 Å². The number of likely N-dealkylation sites (N-methyl/N-ethyl adjacent to an activating group) is 1. The lowest BCUT2D eigenvalue weighted by Crippen LogP contribution is -2.36. The van der Waals surface area contributed by atoms with Gasteiger partial charge >= 0.3 is 0 Å². The molecule has 0 aliphatic heterocycles. The molecule has 4 nitrogen and oxygen atoms in total. The summed E-state index contributed by atoms with van der Waals surface area (Å²) in [5.74, 6) is -0.0219. The Morgan fingerprint density at radius 2 is 2.20 bits per heavy atom. The number of halogens is 2. The quantitative estimate of drug-likeness (QED) is 0.604. The molecule has 0 spiro atoms. The van der Waals surface area contributed by atoms with Crippen molar-refractivity contribution in [2.45, 2.75) is 13.3 Å². The van der Waals surface area contributed by atoms with Crippen LogP contribution in [0.15, 0.2) is 0 Å². The van der Waals surface area contributed by atoms with Crippen molar-refractivity contribution >= 4 is 5.91 Å². The third kappa shape index (κ3) is 8.26. The average Bonchev–Trinajstić information content (AvgIpc) is 2.21. The van der Waals surface area contributed by atoms with Crippen LogP contribution in [0.4, 0.5) is 8.78 Å². The Morgan fingerprint density at radius 1 is 1.53 bits per heavy atom. The lowest BCUT2D eigenvalue weighted by molar-refractivity contribution is -0.128. The highest BCUT2D eigenvalue weighted by atomic mass is 19.3. The van der Waals surface area contributed by atoms with Crippen molar-refractivity contribution in [2.24, 2.45) is 0 Å². The van der Waals surface area contributed by atoms with E-state index < -0.39 is 13.0 Å². The molecule has 0 aromatic rings. The van der Waals surface area contributed by atoms with Crippen molar-refractivity contribution in [2.75, 3.05) is 39.9 Å². The van der Waals surface area contributed by atoms with Gasteiger partial charge in [0.1, 0.15) is 6.61 Å². The second kappa shape index (κ2) is 8.55. The minimum atomic E-state index is -2.43. The first-order valence-corrected chi connectivity index (χ1v) is 4.88. The number of hydrogen-bond donors (Lipinski definition) is 1. The highest BCUT2D eigenvalue weighted by molar-refractivity contribution is 5.77. The standard InChI is InChI=1S/C9H18F2N2O2/c1-3-13(2)9(14)6-12-4-5-15-7-8(10)11/h8,12H,3-7H2,1-2H3. The number of nitrogens with zero attached hydrogens (tertiary/aromatic N) is 1. The number of ether oxygens (including phenoxy) is 1. The Kier molecular flexibility index (Phi) is 8.12. The van der Waals surface area contributed by atoms with E-state index in [-0.39, 0.29) is 19.1 Å². The summed E-state index contributed by atoms with van der Waals surface area (Å²) in [6, 6.07) is 0. The molecule has 0 heterocycles. The van der Waals surface area contributed by atoms with E-state index >= 15 is 0 Å². The first kappa shape index (κ1) is 14.2. The van der Waals surface area contributed by atoms with Crippen LogP contribution in [0, 0.1) is 0 Å². The highest BCUT2D eigenvalue weighted by Gasteiger charge is 2.05. The molecule has 0 bridgehead atoms. The molecule has 0 aliphatic carbocycles. The van der Waals surface area contributed by atoms with Crippen molar-refractivity contribution in [3.05, 3.63) is 0 Å². The van der Waals surface area contributed by atoms with Crippen molar-refractivity contribution in [1.29, 1.82) is 0 Å². The van der Waals surface area contributed by atoms with Gasteiger partial charge in [0, 0.05) is 20.1 Å². The maximum absolute atomic E-state index is 11.6. The lowest BCUT2D eigenvalue weighted by atomic mass is 10.5. The zero-order valence-electron chi connectivity index (χ0n) is 9.13. The molecule has 6 heteroatoms. The smallest absolute Gasteiger partial charge is 0.261 e. The Balaban J connectivity index is 3.27. The summed E-state index contributed by atoms with van der Waals surface area (Å²) in [4.78, 5) is 12.8. The van der Waals surface area contributed by atoms with Crippen molar-refractivity contribution in [3.8, 4) is 0 Å². The van der Waals surface area contributed by atoms with Gasteiger partial charge < -0.3 is 15.0 Å². The lowest BCUT2D eigenvalue weighted by Gasteiger charge is -2.14. The first-order chi connectivity index (χ1) is 7.07. The third-order valence-corrected chi connectivity index (χ3v) is 1.84. The number of alkyl halides is 2. The molecule has 0 fully saturated rings. The summed E-state index contributed by atoms with van der Waals surface area (Å²) < 4.78 is 27.9. The maximum Gasteiger partial charge on any atom is 0.261 e. The predicted octanol–water partition coefficient (Wildman–Crippen LogP) is 0.336. The maximum atomic E-state index is 11.6. The van der Waals surface area contributed by atoms with Crippen LogP contribution in [0.5, 0.6) is 0 Å². The van der Waals surface area contributed by atoms with Gasteiger partial charge in [-0.1, -0.05) is 0 Å². The molecule has 0 saturated heterocycles. The largest absolute Gasteiger partial charge is 0.374 e. The summed E-state index contributed by atoms with van der Waals surface area (Å²) >= 11 is 0. The van der Waals surface area contributed by atoms with Crippen molar-refractivity contribution in [3.63, 3.8) is 0 Å². The Hall–Kier alpha value is -0.750. The summed E-state index contributed by atoms with van der Waals surface area (Å²) in [5, 5.41) is 2.81. The number of carbonyl (C=O) groups excluding carboxylic acids is 1.